The zero-order valence-corrected chi connectivity index (χ0v) is 10.6. The minimum atomic E-state index is -0.855. The van der Waals surface area contributed by atoms with Crippen molar-refractivity contribution in [2.45, 2.75) is 32.5 Å². The number of aliphatic hydroxyl groups is 2. The Morgan fingerprint density at radius 2 is 2.06 bits per heavy atom. The highest BCUT2D eigenvalue weighted by Crippen LogP contribution is 2.25. The summed E-state index contributed by atoms with van der Waals surface area (Å²) >= 11 is 0. The van der Waals surface area contributed by atoms with Crippen LogP contribution in [0.25, 0.3) is 0 Å². The minimum Gasteiger partial charge on any atom is -0.497 e. The number of benzene rings is 1. The Labute approximate surface area is 102 Å². The number of ether oxygens (including phenoxy) is 2. The fourth-order valence-electron chi connectivity index (χ4n) is 1.28. The third kappa shape index (κ3) is 3.91. The van der Waals surface area contributed by atoms with E-state index in [9.17, 15) is 10.2 Å². The molecule has 1 atom stereocenters. The summed E-state index contributed by atoms with van der Waals surface area (Å²) < 4.78 is 10.6. The quantitative estimate of drug-likeness (QED) is 0.795. The van der Waals surface area contributed by atoms with Gasteiger partial charge in [-0.1, -0.05) is 6.92 Å². The summed E-state index contributed by atoms with van der Waals surface area (Å²) in [6.07, 6.45) is 0.609. The lowest BCUT2D eigenvalue weighted by molar-refractivity contribution is 0.00783. The maximum Gasteiger partial charge on any atom is 0.125 e. The maximum absolute atomic E-state index is 9.84. The van der Waals surface area contributed by atoms with Crippen LogP contribution in [0.15, 0.2) is 18.2 Å². The predicted molar refractivity (Wildman–Crippen MR) is 65.3 cm³/mol. The van der Waals surface area contributed by atoms with Crippen molar-refractivity contribution >= 4 is 0 Å². The SMILES string of the molecule is CCC(C)(O)COc1ccc(OC)cc1CO. The van der Waals surface area contributed by atoms with Crippen molar-refractivity contribution in [3.8, 4) is 11.5 Å². The van der Waals surface area contributed by atoms with Gasteiger partial charge in [0.2, 0.25) is 0 Å². The number of aliphatic hydroxyl groups excluding tert-OH is 1. The van der Waals surface area contributed by atoms with Gasteiger partial charge in [-0.15, -0.1) is 0 Å². The van der Waals surface area contributed by atoms with E-state index in [1.165, 1.54) is 0 Å². The standard InChI is InChI=1S/C13H20O4/c1-4-13(2,15)9-17-12-6-5-11(16-3)7-10(12)8-14/h5-7,14-15H,4,8-9H2,1-3H3. The molecule has 4 heteroatoms. The molecule has 1 rings (SSSR count). The van der Waals surface area contributed by atoms with Crippen LogP contribution in [0.3, 0.4) is 0 Å². The van der Waals surface area contributed by atoms with Crippen LogP contribution in [-0.2, 0) is 6.61 Å². The lowest BCUT2D eigenvalue weighted by Gasteiger charge is -2.22. The summed E-state index contributed by atoms with van der Waals surface area (Å²) in [4.78, 5) is 0. The molecule has 0 aliphatic carbocycles. The van der Waals surface area contributed by atoms with Gasteiger partial charge in [-0.2, -0.15) is 0 Å². The van der Waals surface area contributed by atoms with Crippen LogP contribution in [0, 0.1) is 0 Å². The molecule has 0 radical (unpaired) electrons. The Morgan fingerprint density at radius 1 is 1.35 bits per heavy atom. The van der Waals surface area contributed by atoms with Crippen LogP contribution in [0.2, 0.25) is 0 Å². The zero-order valence-electron chi connectivity index (χ0n) is 10.6. The molecule has 0 saturated carbocycles. The second kappa shape index (κ2) is 5.89. The average Bonchev–Trinajstić information content (AvgIpc) is 2.36. The second-order valence-corrected chi connectivity index (χ2v) is 4.27. The number of rotatable bonds is 6. The predicted octanol–water partition coefficient (Wildman–Crippen LogP) is 1.73. The first kappa shape index (κ1) is 13.8. The zero-order chi connectivity index (χ0) is 12.9. The van der Waals surface area contributed by atoms with E-state index in [0.717, 1.165) is 0 Å². The van der Waals surface area contributed by atoms with Crippen molar-refractivity contribution in [2.24, 2.45) is 0 Å². The lowest BCUT2D eigenvalue weighted by atomic mass is 10.1. The minimum absolute atomic E-state index is 0.124. The monoisotopic (exact) mass is 240 g/mol. The highest BCUT2D eigenvalue weighted by molar-refractivity contribution is 5.39. The summed E-state index contributed by atoms with van der Waals surface area (Å²) in [5.41, 5.74) is -0.205. The Hall–Kier alpha value is -1.26. The largest absolute Gasteiger partial charge is 0.497 e. The Morgan fingerprint density at radius 3 is 2.59 bits per heavy atom. The molecule has 0 aliphatic heterocycles. The van der Waals surface area contributed by atoms with Crippen molar-refractivity contribution in [1.82, 2.24) is 0 Å². The normalized spacial score (nSPS) is 14.2. The van der Waals surface area contributed by atoms with Crippen molar-refractivity contribution in [1.29, 1.82) is 0 Å². The van der Waals surface area contributed by atoms with Gasteiger partial charge >= 0.3 is 0 Å². The highest BCUT2D eigenvalue weighted by Gasteiger charge is 2.19. The van der Waals surface area contributed by atoms with Gasteiger partial charge in [0, 0.05) is 5.56 Å². The Balaban J connectivity index is 2.77. The van der Waals surface area contributed by atoms with E-state index in [1.54, 1.807) is 32.2 Å². The maximum atomic E-state index is 9.84. The van der Waals surface area contributed by atoms with Gasteiger partial charge in [-0.25, -0.2) is 0 Å². The summed E-state index contributed by atoms with van der Waals surface area (Å²) in [5.74, 6) is 1.24. The number of methoxy groups -OCH3 is 1. The van der Waals surface area contributed by atoms with Crippen LogP contribution in [0.4, 0.5) is 0 Å². The number of hydrogen-bond donors (Lipinski definition) is 2. The van der Waals surface area contributed by atoms with Gasteiger partial charge in [0.25, 0.3) is 0 Å². The molecule has 17 heavy (non-hydrogen) atoms. The molecule has 0 aromatic heterocycles. The Kier molecular flexibility index (Phi) is 4.78. The van der Waals surface area contributed by atoms with Crippen LogP contribution in [-0.4, -0.2) is 29.5 Å². The first-order chi connectivity index (χ1) is 8.02. The van der Waals surface area contributed by atoms with Gasteiger partial charge in [0.15, 0.2) is 0 Å². The smallest absolute Gasteiger partial charge is 0.125 e. The topological polar surface area (TPSA) is 58.9 Å². The molecule has 0 fully saturated rings. The van der Waals surface area contributed by atoms with Gasteiger partial charge in [-0.3, -0.25) is 0 Å². The van der Waals surface area contributed by atoms with E-state index < -0.39 is 5.60 Å². The van der Waals surface area contributed by atoms with Crippen molar-refractivity contribution < 1.29 is 19.7 Å². The lowest BCUT2D eigenvalue weighted by Crippen LogP contribution is -2.31. The molecular weight excluding hydrogens is 220 g/mol. The summed E-state index contributed by atoms with van der Waals surface area (Å²) in [7, 11) is 1.57. The molecule has 0 bridgehead atoms. The van der Waals surface area contributed by atoms with Crippen LogP contribution >= 0.6 is 0 Å². The van der Waals surface area contributed by atoms with Gasteiger partial charge in [0.1, 0.15) is 18.1 Å². The fourth-order valence-corrected chi connectivity index (χ4v) is 1.28. The van der Waals surface area contributed by atoms with Gasteiger partial charge in [0.05, 0.1) is 19.3 Å². The molecule has 4 nitrogen and oxygen atoms in total. The summed E-state index contributed by atoms with van der Waals surface area (Å²) in [5, 5.41) is 19.1. The molecule has 96 valence electrons. The van der Waals surface area contributed by atoms with E-state index in [2.05, 4.69) is 0 Å². The molecule has 2 N–H and O–H groups in total. The molecular formula is C13H20O4. The molecule has 0 heterocycles. The molecule has 1 aromatic rings. The van der Waals surface area contributed by atoms with Crippen LogP contribution in [0.5, 0.6) is 11.5 Å². The first-order valence-corrected chi connectivity index (χ1v) is 5.65. The van der Waals surface area contributed by atoms with Crippen molar-refractivity contribution in [3.05, 3.63) is 23.8 Å². The molecule has 0 saturated heterocycles. The molecule has 0 amide bonds. The second-order valence-electron chi connectivity index (χ2n) is 4.27. The summed E-state index contributed by atoms with van der Waals surface area (Å²) in [6.45, 7) is 3.68. The molecule has 1 unspecified atom stereocenters. The van der Waals surface area contributed by atoms with E-state index in [0.29, 0.717) is 23.5 Å². The third-order valence-electron chi connectivity index (χ3n) is 2.74. The van der Waals surface area contributed by atoms with E-state index in [1.807, 2.05) is 6.92 Å². The molecule has 0 spiro atoms. The molecule has 0 aliphatic rings. The number of hydrogen-bond acceptors (Lipinski definition) is 4. The van der Waals surface area contributed by atoms with Gasteiger partial charge < -0.3 is 19.7 Å². The highest BCUT2D eigenvalue weighted by atomic mass is 16.5. The average molecular weight is 240 g/mol. The van der Waals surface area contributed by atoms with Crippen molar-refractivity contribution in [2.75, 3.05) is 13.7 Å². The van der Waals surface area contributed by atoms with E-state index in [-0.39, 0.29) is 13.2 Å². The summed E-state index contributed by atoms with van der Waals surface area (Å²) in [6, 6.07) is 5.21. The first-order valence-electron chi connectivity index (χ1n) is 5.65. The van der Waals surface area contributed by atoms with E-state index in [4.69, 9.17) is 9.47 Å². The third-order valence-corrected chi connectivity index (χ3v) is 2.74. The Bertz CT molecular complexity index is 360. The van der Waals surface area contributed by atoms with Gasteiger partial charge in [-0.05, 0) is 31.5 Å². The van der Waals surface area contributed by atoms with Crippen molar-refractivity contribution in [3.63, 3.8) is 0 Å². The fraction of sp³-hybridized carbons (Fsp3) is 0.538. The van der Waals surface area contributed by atoms with Crippen LogP contribution < -0.4 is 9.47 Å². The van der Waals surface area contributed by atoms with Crippen LogP contribution in [0.1, 0.15) is 25.8 Å². The van der Waals surface area contributed by atoms with E-state index >= 15 is 0 Å². The molecule has 1 aromatic carbocycles.